The summed E-state index contributed by atoms with van der Waals surface area (Å²) >= 11 is 0. The van der Waals surface area contributed by atoms with Gasteiger partial charge in [0.2, 0.25) is 0 Å². The first-order chi connectivity index (χ1) is 12.3. The molecule has 25 heavy (non-hydrogen) atoms. The molecule has 0 saturated heterocycles. The Hall–Kier alpha value is -2.26. The number of rotatable bonds is 4. The highest BCUT2D eigenvalue weighted by atomic mass is 19.1. The molecule has 0 atom stereocenters. The van der Waals surface area contributed by atoms with Gasteiger partial charge >= 0.3 is 0 Å². The maximum atomic E-state index is 13.7. The predicted molar refractivity (Wildman–Crippen MR) is 100.0 cm³/mol. The number of pyridine rings is 1. The van der Waals surface area contributed by atoms with Crippen LogP contribution in [0.5, 0.6) is 0 Å². The zero-order chi connectivity index (χ0) is 17.1. The van der Waals surface area contributed by atoms with E-state index in [1.165, 1.54) is 17.2 Å². The molecule has 1 saturated carbocycles. The number of hydrogen-bond acceptors (Lipinski definition) is 2. The van der Waals surface area contributed by atoms with Gasteiger partial charge in [0.25, 0.3) is 0 Å². The third-order valence-electron chi connectivity index (χ3n) is 5.34. The second-order valence-electron chi connectivity index (χ2n) is 6.98. The van der Waals surface area contributed by atoms with Crippen molar-refractivity contribution in [3.8, 4) is 0 Å². The maximum Gasteiger partial charge on any atom is 0.123 e. The lowest BCUT2D eigenvalue weighted by atomic mass is 9.80. The van der Waals surface area contributed by atoms with Crippen molar-refractivity contribution in [1.82, 2.24) is 10.3 Å². The van der Waals surface area contributed by atoms with Crippen LogP contribution in [-0.2, 0) is 6.54 Å². The third kappa shape index (κ3) is 3.72. The molecule has 0 spiro atoms. The van der Waals surface area contributed by atoms with E-state index in [0.29, 0.717) is 12.0 Å². The smallest absolute Gasteiger partial charge is 0.123 e. The second-order valence-corrected chi connectivity index (χ2v) is 6.98. The summed E-state index contributed by atoms with van der Waals surface area (Å²) in [6.45, 7) is 0.930. The molecule has 0 radical (unpaired) electrons. The highest BCUT2D eigenvalue weighted by Crippen LogP contribution is 2.36. The molecule has 0 bridgehead atoms. The Kier molecular flexibility index (Phi) is 4.75. The van der Waals surface area contributed by atoms with Gasteiger partial charge in [0, 0.05) is 24.2 Å². The summed E-state index contributed by atoms with van der Waals surface area (Å²) in [4.78, 5) is 4.38. The summed E-state index contributed by atoms with van der Waals surface area (Å²) in [5.74, 6) is 0.321. The van der Waals surface area contributed by atoms with Crippen molar-refractivity contribution in [2.24, 2.45) is 0 Å². The van der Waals surface area contributed by atoms with Crippen LogP contribution in [0, 0.1) is 5.82 Å². The van der Waals surface area contributed by atoms with Crippen molar-refractivity contribution in [3.05, 3.63) is 77.7 Å². The van der Waals surface area contributed by atoms with Crippen molar-refractivity contribution in [1.29, 1.82) is 0 Å². The minimum absolute atomic E-state index is 0.181. The molecule has 0 amide bonds. The summed E-state index contributed by atoms with van der Waals surface area (Å²) in [6.07, 6.45) is 6.47. The van der Waals surface area contributed by atoms with Gasteiger partial charge in [-0.15, -0.1) is 0 Å². The van der Waals surface area contributed by atoms with Gasteiger partial charge in [0.05, 0.1) is 5.52 Å². The molecular formula is C22H23FN2. The van der Waals surface area contributed by atoms with Gasteiger partial charge in [-0.3, -0.25) is 4.98 Å². The molecular weight excluding hydrogens is 311 g/mol. The van der Waals surface area contributed by atoms with Gasteiger partial charge in [-0.25, -0.2) is 4.39 Å². The van der Waals surface area contributed by atoms with Crippen molar-refractivity contribution in [2.75, 3.05) is 0 Å². The van der Waals surface area contributed by atoms with Crippen molar-refractivity contribution in [3.63, 3.8) is 0 Å². The van der Waals surface area contributed by atoms with E-state index in [-0.39, 0.29) is 5.82 Å². The zero-order valence-corrected chi connectivity index (χ0v) is 14.3. The van der Waals surface area contributed by atoms with E-state index in [9.17, 15) is 4.39 Å². The Morgan fingerprint density at radius 1 is 0.960 bits per heavy atom. The van der Waals surface area contributed by atoms with Gasteiger partial charge in [0.1, 0.15) is 5.82 Å². The SMILES string of the molecule is Fc1ccc2nccc(C3CCC(NCc4ccccc4)CC3)c2c1. The Labute approximate surface area is 148 Å². The van der Waals surface area contributed by atoms with Crippen LogP contribution in [0.4, 0.5) is 4.39 Å². The lowest BCUT2D eigenvalue weighted by molar-refractivity contribution is 0.342. The van der Waals surface area contributed by atoms with Gasteiger partial charge < -0.3 is 5.32 Å². The number of nitrogens with one attached hydrogen (secondary N) is 1. The number of benzene rings is 2. The van der Waals surface area contributed by atoms with Crippen LogP contribution in [0.1, 0.15) is 42.7 Å². The lowest BCUT2D eigenvalue weighted by Crippen LogP contribution is -2.32. The van der Waals surface area contributed by atoms with Crippen LogP contribution in [-0.4, -0.2) is 11.0 Å². The molecule has 1 N–H and O–H groups in total. The van der Waals surface area contributed by atoms with Crippen LogP contribution in [0.3, 0.4) is 0 Å². The minimum atomic E-state index is -0.181. The van der Waals surface area contributed by atoms with E-state index in [2.05, 4.69) is 46.7 Å². The Balaban J connectivity index is 1.41. The standard InChI is InChI=1S/C22H23FN2/c23-18-8-11-22-21(14-18)20(12-13-24-22)17-6-9-19(10-7-17)25-15-16-4-2-1-3-5-16/h1-5,8,11-14,17,19,25H,6-7,9-10,15H2. The molecule has 0 aliphatic heterocycles. The summed E-state index contributed by atoms with van der Waals surface area (Å²) in [5, 5.41) is 4.66. The van der Waals surface area contributed by atoms with Crippen molar-refractivity contribution in [2.45, 2.75) is 44.2 Å². The third-order valence-corrected chi connectivity index (χ3v) is 5.34. The molecule has 2 aromatic carbocycles. The number of aromatic nitrogens is 1. The molecule has 1 heterocycles. The molecule has 2 nitrogen and oxygen atoms in total. The molecule has 1 fully saturated rings. The Morgan fingerprint density at radius 3 is 2.56 bits per heavy atom. The first-order valence-corrected chi connectivity index (χ1v) is 9.11. The molecule has 3 heteroatoms. The van der Waals surface area contributed by atoms with Gasteiger partial charge in [-0.1, -0.05) is 30.3 Å². The predicted octanol–water partition coefficient (Wildman–Crippen LogP) is 5.19. The molecule has 1 aliphatic carbocycles. The average molecular weight is 334 g/mol. The number of halogens is 1. The van der Waals surface area contributed by atoms with Crippen molar-refractivity contribution < 1.29 is 4.39 Å². The summed E-state index contributed by atoms with van der Waals surface area (Å²) in [7, 11) is 0. The highest BCUT2D eigenvalue weighted by Gasteiger charge is 2.23. The number of fused-ring (bicyclic) bond motifs is 1. The summed E-state index contributed by atoms with van der Waals surface area (Å²) in [5.41, 5.74) is 3.48. The fraction of sp³-hybridized carbons (Fsp3) is 0.318. The largest absolute Gasteiger partial charge is 0.310 e. The quantitative estimate of drug-likeness (QED) is 0.710. The molecule has 128 valence electrons. The summed E-state index contributed by atoms with van der Waals surface area (Å²) in [6, 6.07) is 18.1. The fourth-order valence-corrected chi connectivity index (χ4v) is 3.96. The lowest BCUT2D eigenvalue weighted by Gasteiger charge is -2.30. The molecule has 0 unspecified atom stereocenters. The molecule has 3 aromatic rings. The van der Waals surface area contributed by atoms with Crippen LogP contribution >= 0.6 is 0 Å². The van der Waals surface area contributed by atoms with Gasteiger partial charge in [-0.05, 0) is 67.0 Å². The van der Waals surface area contributed by atoms with E-state index in [1.807, 2.05) is 6.20 Å². The Morgan fingerprint density at radius 2 is 1.76 bits per heavy atom. The van der Waals surface area contributed by atoms with Crippen LogP contribution in [0.15, 0.2) is 60.8 Å². The molecule has 1 aromatic heterocycles. The van der Waals surface area contributed by atoms with Crippen molar-refractivity contribution >= 4 is 10.9 Å². The topological polar surface area (TPSA) is 24.9 Å². The minimum Gasteiger partial charge on any atom is -0.310 e. The molecule has 4 rings (SSSR count). The average Bonchev–Trinajstić information content (AvgIpc) is 2.67. The maximum absolute atomic E-state index is 13.7. The number of nitrogens with zero attached hydrogens (tertiary/aromatic N) is 1. The number of hydrogen-bond donors (Lipinski definition) is 1. The normalized spacial score (nSPS) is 20.7. The first-order valence-electron chi connectivity index (χ1n) is 9.11. The van der Waals surface area contributed by atoms with Crippen LogP contribution < -0.4 is 5.32 Å². The zero-order valence-electron chi connectivity index (χ0n) is 14.3. The van der Waals surface area contributed by atoms with E-state index in [0.717, 1.165) is 43.1 Å². The monoisotopic (exact) mass is 334 g/mol. The van der Waals surface area contributed by atoms with E-state index >= 15 is 0 Å². The van der Waals surface area contributed by atoms with Crippen LogP contribution in [0.2, 0.25) is 0 Å². The summed E-state index contributed by atoms with van der Waals surface area (Å²) < 4.78 is 13.7. The first kappa shape index (κ1) is 16.2. The van der Waals surface area contributed by atoms with E-state index in [1.54, 1.807) is 12.1 Å². The molecule has 1 aliphatic rings. The Bertz CT molecular complexity index is 839. The highest BCUT2D eigenvalue weighted by molar-refractivity contribution is 5.82. The van der Waals surface area contributed by atoms with Gasteiger partial charge in [0.15, 0.2) is 0 Å². The van der Waals surface area contributed by atoms with Gasteiger partial charge in [-0.2, -0.15) is 0 Å². The second kappa shape index (κ2) is 7.32. The van der Waals surface area contributed by atoms with E-state index < -0.39 is 0 Å². The van der Waals surface area contributed by atoms with E-state index in [4.69, 9.17) is 0 Å². The fourth-order valence-electron chi connectivity index (χ4n) is 3.96. The van der Waals surface area contributed by atoms with Crippen LogP contribution in [0.25, 0.3) is 10.9 Å².